The molecule has 1 atom stereocenters. The lowest BCUT2D eigenvalue weighted by molar-refractivity contribution is -0.187. The Morgan fingerprint density at radius 1 is 1.12 bits per heavy atom. The highest BCUT2D eigenvalue weighted by Crippen LogP contribution is 2.39. The van der Waals surface area contributed by atoms with Crippen molar-refractivity contribution in [3.8, 4) is 17.2 Å². The van der Waals surface area contributed by atoms with Gasteiger partial charge >= 0.3 is 12.1 Å². The number of carbonyl (C=O) groups is 1. The van der Waals surface area contributed by atoms with Crippen LogP contribution in [0.2, 0.25) is 5.02 Å². The summed E-state index contributed by atoms with van der Waals surface area (Å²) in [4.78, 5) is 11.1. The number of benzene rings is 2. The SMILES string of the molecule is O=C(O)C1=Cc2cc(Oc3ccc(Cl)cc3)ccc2O[C@@H]1C(F)(F)F. The molecule has 0 saturated heterocycles. The number of alkyl halides is 3. The zero-order valence-corrected chi connectivity index (χ0v) is 13.1. The van der Waals surface area contributed by atoms with E-state index in [1.807, 2.05) is 0 Å². The number of rotatable bonds is 3. The minimum Gasteiger partial charge on any atom is -0.478 e. The van der Waals surface area contributed by atoms with E-state index in [9.17, 15) is 18.0 Å². The fourth-order valence-corrected chi connectivity index (χ4v) is 2.43. The van der Waals surface area contributed by atoms with Gasteiger partial charge < -0.3 is 14.6 Å². The molecule has 0 saturated carbocycles. The van der Waals surface area contributed by atoms with Crippen LogP contribution in [-0.2, 0) is 4.79 Å². The molecule has 130 valence electrons. The zero-order chi connectivity index (χ0) is 18.2. The standard InChI is InChI=1S/C17H10ClF3O4/c18-10-1-3-11(4-2-10)24-12-5-6-14-9(7-12)8-13(16(22)23)15(25-14)17(19,20)21/h1-8,15H,(H,22,23)/t15-/m0/s1. The first-order valence-corrected chi connectivity index (χ1v) is 7.37. The Morgan fingerprint density at radius 2 is 1.76 bits per heavy atom. The summed E-state index contributed by atoms with van der Waals surface area (Å²) in [6.45, 7) is 0. The van der Waals surface area contributed by atoms with E-state index in [0.717, 1.165) is 6.08 Å². The second kappa shape index (κ2) is 6.33. The van der Waals surface area contributed by atoms with Gasteiger partial charge in [0.1, 0.15) is 17.2 Å². The maximum absolute atomic E-state index is 13.0. The molecule has 0 radical (unpaired) electrons. The summed E-state index contributed by atoms with van der Waals surface area (Å²) in [5.74, 6) is -0.986. The number of hydrogen-bond acceptors (Lipinski definition) is 3. The second-order valence-electron chi connectivity index (χ2n) is 5.20. The van der Waals surface area contributed by atoms with Gasteiger partial charge in [-0.2, -0.15) is 13.2 Å². The van der Waals surface area contributed by atoms with E-state index in [1.165, 1.54) is 18.2 Å². The van der Waals surface area contributed by atoms with Crippen LogP contribution in [0.25, 0.3) is 6.08 Å². The lowest BCUT2D eigenvalue weighted by Gasteiger charge is -2.27. The molecule has 0 bridgehead atoms. The van der Waals surface area contributed by atoms with E-state index in [0.29, 0.717) is 16.5 Å². The second-order valence-corrected chi connectivity index (χ2v) is 5.64. The van der Waals surface area contributed by atoms with Crippen LogP contribution in [0.3, 0.4) is 0 Å². The van der Waals surface area contributed by atoms with Crippen molar-refractivity contribution in [1.82, 2.24) is 0 Å². The molecular weight excluding hydrogens is 361 g/mol. The first-order valence-electron chi connectivity index (χ1n) is 7.00. The van der Waals surface area contributed by atoms with Crippen molar-refractivity contribution in [3.05, 3.63) is 58.6 Å². The van der Waals surface area contributed by atoms with Gasteiger partial charge in [0.15, 0.2) is 0 Å². The predicted molar refractivity (Wildman–Crippen MR) is 84.1 cm³/mol. The number of fused-ring (bicyclic) bond motifs is 1. The fraction of sp³-hybridized carbons (Fsp3) is 0.118. The van der Waals surface area contributed by atoms with Crippen molar-refractivity contribution >= 4 is 23.6 Å². The van der Waals surface area contributed by atoms with Crippen LogP contribution in [-0.4, -0.2) is 23.4 Å². The molecule has 1 N–H and O–H groups in total. The van der Waals surface area contributed by atoms with Gasteiger partial charge in [-0.3, -0.25) is 0 Å². The van der Waals surface area contributed by atoms with Gasteiger partial charge in [0.2, 0.25) is 6.10 Å². The molecule has 2 aromatic rings. The van der Waals surface area contributed by atoms with Crippen LogP contribution in [0, 0.1) is 0 Å². The minimum atomic E-state index is -4.83. The summed E-state index contributed by atoms with van der Waals surface area (Å²) in [5, 5.41) is 9.56. The summed E-state index contributed by atoms with van der Waals surface area (Å²) in [6.07, 6.45) is -6.41. The van der Waals surface area contributed by atoms with E-state index < -0.39 is 23.8 Å². The molecule has 2 aromatic carbocycles. The molecule has 0 fully saturated rings. The first kappa shape index (κ1) is 17.2. The Hall–Kier alpha value is -2.67. The number of ether oxygens (including phenoxy) is 2. The van der Waals surface area contributed by atoms with Gasteiger partial charge in [-0.1, -0.05) is 11.6 Å². The summed E-state index contributed by atoms with van der Waals surface area (Å²) in [5.41, 5.74) is -0.701. The number of carboxylic acids is 1. The molecule has 0 unspecified atom stereocenters. The minimum absolute atomic E-state index is 0.0734. The van der Waals surface area contributed by atoms with Gasteiger partial charge in [-0.25, -0.2) is 4.79 Å². The predicted octanol–water partition coefficient (Wildman–Crippen LogP) is 4.92. The average molecular weight is 371 g/mol. The topological polar surface area (TPSA) is 55.8 Å². The highest BCUT2D eigenvalue weighted by Gasteiger charge is 2.48. The third-order valence-corrected chi connectivity index (χ3v) is 3.67. The summed E-state index contributed by atoms with van der Waals surface area (Å²) < 4.78 is 49.4. The summed E-state index contributed by atoms with van der Waals surface area (Å²) in [6, 6.07) is 10.6. The Kier molecular flexibility index (Phi) is 4.34. The number of hydrogen-bond donors (Lipinski definition) is 1. The highest BCUT2D eigenvalue weighted by atomic mass is 35.5. The first-order chi connectivity index (χ1) is 11.7. The molecule has 0 aliphatic carbocycles. The molecule has 0 spiro atoms. The van der Waals surface area contributed by atoms with E-state index in [4.69, 9.17) is 26.2 Å². The van der Waals surface area contributed by atoms with E-state index in [-0.39, 0.29) is 11.3 Å². The number of aliphatic carboxylic acids is 1. The van der Waals surface area contributed by atoms with Gasteiger partial charge in [-0.05, 0) is 48.5 Å². The maximum Gasteiger partial charge on any atom is 0.430 e. The third kappa shape index (κ3) is 3.71. The van der Waals surface area contributed by atoms with Crippen molar-refractivity contribution < 1.29 is 32.5 Å². The van der Waals surface area contributed by atoms with E-state index in [1.54, 1.807) is 24.3 Å². The number of carboxylic acid groups (broad SMARTS) is 1. The van der Waals surface area contributed by atoms with Crippen LogP contribution >= 0.6 is 11.6 Å². The molecular formula is C17H10ClF3O4. The zero-order valence-electron chi connectivity index (χ0n) is 12.4. The molecule has 4 nitrogen and oxygen atoms in total. The van der Waals surface area contributed by atoms with Crippen molar-refractivity contribution in [2.24, 2.45) is 0 Å². The fourth-order valence-electron chi connectivity index (χ4n) is 2.30. The van der Waals surface area contributed by atoms with Gasteiger partial charge in [0.05, 0.1) is 5.57 Å². The van der Waals surface area contributed by atoms with Gasteiger partial charge in [-0.15, -0.1) is 0 Å². The van der Waals surface area contributed by atoms with Crippen LogP contribution < -0.4 is 9.47 Å². The molecule has 1 aliphatic heterocycles. The van der Waals surface area contributed by atoms with E-state index in [2.05, 4.69) is 0 Å². The largest absolute Gasteiger partial charge is 0.478 e. The summed E-state index contributed by atoms with van der Waals surface area (Å²) >= 11 is 5.78. The lowest BCUT2D eigenvalue weighted by Crippen LogP contribution is -2.40. The average Bonchev–Trinajstić information content (AvgIpc) is 2.55. The van der Waals surface area contributed by atoms with Crippen molar-refractivity contribution in [2.45, 2.75) is 12.3 Å². The lowest BCUT2D eigenvalue weighted by atomic mass is 10.0. The maximum atomic E-state index is 13.0. The molecule has 25 heavy (non-hydrogen) atoms. The summed E-state index contributed by atoms with van der Waals surface area (Å²) in [7, 11) is 0. The van der Waals surface area contributed by atoms with Gasteiger partial charge in [0.25, 0.3) is 0 Å². The highest BCUT2D eigenvalue weighted by molar-refractivity contribution is 6.30. The van der Waals surface area contributed by atoms with Gasteiger partial charge in [0, 0.05) is 10.6 Å². The molecule has 0 aromatic heterocycles. The molecule has 8 heteroatoms. The van der Waals surface area contributed by atoms with E-state index >= 15 is 0 Å². The Balaban J connectivity index is 1.93. The van der Waals surface area contributed by atoms with Crippen molar-refractivity contribution in [3.63, 3.8) is 0 Å². The Labute approximate surface area is 145 Å². The number of halogens is 4. The van der Waals surface area contributed by atoms with Crippen LogP contribution in [0.4, 0.5) is 13.2 Å². The normalized spacial score (nSPS) is 16.5. The quantitative estimate of drug-likeness (QED) is 0.833. The molecule has 3 rings (SSSR count). The van der Waals surface area contributed by atoms with Crippen LogP contribution in [0.1, 0.15) is 5.56 Å². The molecule has 0 amide bonds. The van der Waals surface area contributed by atoms with Crippen molar-refractivity contribution in [1.29, 1.82) is 0 Å². The Morgan fingerprint density at radius 3 is 2.36 bits per heavy atom. The molecule has 1 aliphatic rings. The van der Waals surface area contributed by atoms with Crippen LogP contribution in [0.5, 0.6) is 17.2 Å². The van der Waals surface area contributed by atoms with Crippen LogP contribution in [0.15, 0.2) is 48.0 Å². The monoisotopic (exact) mass is 370 g/mol. The van der Waals surface area contributed by atoms with Crippen molar-refractivity contribution in [2.75, 3.05) is 0 Å². The molecule has 1 heterocycles. The third-order valence-electron chi connectivity index (χ3n) is 3.41. The Bertz CT molecular complexity index is 844. The smallest absolute Gasteiger partial charge is 0.430 e.